The molecule has 0 bridgehead atoms. The summed E-state index contributed by atoms with van der Waals surface area (Å²) in [5, 5.41) is 9.68. The van der Waals surface area contributed by atoms with Gasteiger partial charge < -0.3 is 14.6 Å². The van der Waals surface area contributed by atoms with E-state index in [1.54, 1.807) is 0 Å². The lowest BCUT2D eigenvalue weighted by molar-refractivity contribution is -0.134. The molecule has 0 aliphatic rings. The van der Waals surface area contributed by atoms with E-state index in [-0.39, 0.29) is 23.0 Å². The Morgan fingerprint density at radius 3 is 2.06 bits per heavy atom. The summed E-state index contributed by atoms with van der Waals surface area (Å²) in [6, 6.07) is 4.09. The highest BCUT2D eigenvalue weighted by Crippen LogP contribution is 2.24. The van der Waals surface area contributed by atoms with Crippen LogP contribution >= 0.6 is 0 Å². The van der Waals surface area contributed by atoms with E-state index in [4.69, 9.17) is 4.74 Å². The lowest BCUT2D eigenvalue weighted by Gasteiger charge is -2.07. The average molecular weight is 433 g/mol. The maximum absolute atomic E-state index is 12.0. The predicted molar refractivity (Wildman–Crippen MR) is 125 cm³/mol. The zero-order valence-corrected chi connectivity index (χ0v) is 19.4. The molecule has 1 rings (SSSR count). The largest absolute Gasteiger partial charge is 0.507 e. The number of aromatic hydroxyl groups is 1. The summed E-state index contributed by atoms with van der Waals surface area (Å²) in [5.74, 6) is -0.980. The van der Waals surface area contributed by atoms with Crippen LogP contribution in [-0.2, 0) is 9.53 Å². The standard InChI is InChI=1S/C26H40O5/c1-3-4-5-6-7-8-9-10-11-12-13-14-15-16-17-18-25(28)31-22-19-20-24(27)23(21-22)26(29)30-2/h10-11,19-21,27H,3-9,12-18H2,1-2H3/b11-10+. The average Bonchev–Trinajstić information content (AvgIpc) is 2.77. The fourth-order valence-electron chi connectivity index (χ4n) is 3.37. The van der Waals surface area contributed by atoms with Crippen LogP contribution in [0.4, 0.5) is 0 Å². The van der Waals surface area contributed by atoms with Gasteiger partial charge in [-0.15, -0.1) is 0 Å². The minimum Gasteiger partial charge on any atom is -0.507 e. The second-order valence-corrected chi connectivity index (χ2v) is 7.98. The van der Waals surface area contributed by atoms with Gasteiger partial charge in [-0.3, -0.25) is 4.79 Å². The minimum atomic E-state index is -0.673. The van der Waals surface area contributed by atoms with Gasteiger partial charge in [0.25, 0.3) is 0 Å². The quantitative estimate of drug-likeness (QED) is 0.123. The Morgan fingerprint density at radius 1 is 0.871 bits per heavy atom. The SMILES string of the molecule is CCCCCCCC/C=C/CCCCCCCC(=O)Oc1ccc(O)c(C(=O)OC)c1. The van der Waals surface area contributed by atoms with Gasteiger partial charge in [0.1, 0.15) is 17.1 Å². The van der Waals surface area contributed by atoms with Crippen LogP contribution < -0.4 is 4.74 Å². The number of hydrogen-bond acceptors (Lipinski definition) is 5. The molecule has 0 spiro atoms. The maximum atomic E-state index is 12.0. The number of methoxy groups -OCH3 is 1. The number of hydrogen-bond donors (Lipinski definition) is 1. The first-order valence-electron chi connectivity index (χ1n) is 11.9. The number of carbonyl (C=O) groups is 2. The Hall–Kier alpha value is -2.30. The molecule has 5 nitrogen and oxygen atoms in total. The first-order valence-corrected chi connectivity index (χ1v) is 11.9. The first kappa shape index (κ1) is 26.7. The summed E-state index contributed by atoms with van der Waals surface area (Å²) < 4.78 is 9.85. The lowest BCUT2D eigenvalue weighted by atomic mass is 10.1. The Kier molecular flexibility index (Phi) is 15.0. The molecule has 0 fully saturated rings. The van der Waals surface area contributed by atoms with Crippen LogP contribution in [0.5, 0.6) is 11.5 Å². The summed E-state index contributed by atoms with van der Waals surface area (Å²) in [6.45, 7) is 2.25. The maximum Gasteiger partial charge on any atom is 0.341 e. The van der Waals surface area contributed by atoms with Crippen molar-refractivity contribution in [2.24, 2.45) is 0 Å². The fraction of sp³-hybridized carbons (Fsp3) is 0.615. The van der Waals surface area contributed by atoms with Crippen molar-refractivity contribution in [2.75, 3.05) is 7.11 Å². The molecule has 0 saturated carbocycles. The molecular weight excluding hydrogens is 392 g/mol. The van der Waals surface area contributed by atoms with Crippen molar-refractivity contribution in [3.05, 3.63) is 35.9 Å². The molecule has 0 radical (unpaired) electrons. The van der Waals surface area contributed by atoms with E-state index in [0.29, 0.717) is 6.42 Å². The number of phenols is 1. The van der Waals surface area contributed by atoms with Gasteiger partial charge in [-0.05, 0) is 50.3 Å². The highest BCUT2D eigenvalue weighted by Gasteiger charge is 2.14. The second-order valence-electron chi connectivity index (χ2n) is 7.98. The zero-order chi connectivity index (χ0) is 22.7. The molecule has 0 aliphatic carbocycles. The van der Waals surface area contributed by atoms with Crippen molar-refractivity contribution in [1.29, 1.82) is 0 Å². The molecule has 0 atom stereocenters. The number of esters is 2. The zero-order valence-electron chi connectivity index (χ0n) is 19.4. The van der Waals surface area contributed by atoms with Crippen LogP contribution in [0.15, 0.2) is 30.4 Å². The summed E-state index contributed by atoms with van der Waals surface area (Å²) in [7, 11) is 1.23. The summed E-state index contributed by atoms with van der Waals surface area (Å²) in [4.78, 5) is 23.5. The van der Waals surface area contributed by atoms with E-state index in [9.17, 15) is 14.7 Å². The Morgan fingerprint density at radius 2 is 1.45 bits per heavy atom. The Labute approximate surface area is 187 Å². The van der Waals surface area contributed by atoms with Crippen molar-refractivity contribution in [3.8, 4) is 11.5 Å². The van der Waals surface area contributed by atoms with Crippen LogP contribution in [0.1, 0.15) is 107 Å². The van der Waals surface area contributed by atoms with Gasteiger partial charge in [0, 0.05) is 6.42 Å². The normalized spacial score (nSPS) is 11.0. The molecule has 0 amide bonds. The van der Waals surface area contributed by atoms with Crippen molar-refractivity contribution in [3.63, 3.8) is 0 Å². The summed E-state index contributed by atoms with van der Waals surface area (Å²) >= 11 is 0. The molecule has 0 aromatic heterocycles. The van der Waals surface area contributed by atoms with Gasteiger partial charge >= 0.3 is 11.9 Å². The molecule has 1 aromatic carbocycles. The number of allylic oxidation sites excluding steroid dienone is 2. The number of rotatable bonds is 17. The van der Waals surface area contributed by atoms with Crippen LogP contribution in [0, 0.1) is 0 Å². The van der Waals surface area contributed by atoms with Gasteiger partial charge in [0.15, 0.2) is 0 Å². The van der Waals surface area contributed by atoms with Gasteiger partial charge in [0.05, 0.1) is 7.11 Å². The van der Waals surface area contributed by atoms with Gasteiger partial charge in [-0.1, -0.05) is 70.4 Å². The molecule has 0 heterocycles. The van der Waals surface area contributed by atoms with Gasteiger partial charge in [-0.2, -0.15) is 0 Å². The number of benzene rings is 1. The fourth-order valence-corrected chi connectivity index (χ4v) is 3.37. The number of unbranched alkanes of at least 4 members (excludes halogenated alkanes) is 11. The summed E-state index contributed by atoms with van der Waals surface area (Å²) in [6.07, 6.45) is 20.7. The number of carbonyl (C=O) groups excluding carboxylic acids is 2. The molecule has 0 aliphatic heterocycles. The molecule has 0 saturated heterocycles. The minimum absolute atomic E-state index is 0.0196. The summed E-state index contributed by atoms with van der Waals surface area (Å²) in [5.41, 5.74) is -0.0196. The topological polar surface area (TPSA) is 72.8 Å². The van der Waals surface area contributed by atoms with Crippen LogP contribution in [0.2, 0.25) is 0 Å². The molecular formula is C26H40O5. The van der Waals surface area contributed by atoms with Gasteiger partial charge in [0.2, 0.25) is 0 Å². The molecule has 0 unspecified atom stereocenters. The lowest BCUT2D eigenvalue weighted by Crippen LogP contribution is -2.09. The number of phenolic OH excluding ortho intramolecular Hbond substituents is 1. The van der Waals surface area contributed by atoms with E-state index in [0.717, 1.165) is 25.7 Å². The molecule has 1 aromatic rings. The smallest absolute Gasteiger partial charge is 0.341 e. The van der Waals surface area contributed by atoms with E-state index in [1.807, 2.05) is 0 Å². The highest BCUT2D eigenvalue weighted by atomic mass is 16.5. The first-order chi connectivity index (χ1) is 15.1. The Balaban J connectivity index is 2.04. The molecule has 5 heteroatoms. The monoisotopic (exact) mass is 432 g/mol. The third-order valence-corrected chi connectivity index (χ3v) is 5.25. The van der Waals surface area contributed by atoms with Crippen molar-refractivity contribution >= 4 is 11.9 Å². The second kappa shape index (κ2) is 17.4. The van der Waals surface area contributed by atoms with E-state index in [1.165, 1.54) is 83.1 Å². The molecule has 1 N–H and O–H groups in total. The van der Waals surface area contributed by atoms with Crippen molar-refractivity contribution in [2.45, 2.75) is 96.8 Å². The van der Waals surface area contributed by atoms with E-state index < -0.39 is 5.97 Å². The van der Waals surface area contributed by atoms with Gasteiger partial charge in [-0.25, -0.2) is 4.79 Å². The van der Waals surface area contributed by atoms with Crippen molar-refractivity contribution in [1.82, 2.24) is 0 Å². The van der Waals surface area contributed by atoms with Crippen LogP contribution in [-0.4, -0.2) is 24.2 Å². The van der Waals surface area contributed by atoms with Crippen LogP contribution in [0.3, 0.4) is 0 Å². The predicted octanol–water partition coefficient (Wildman–Crippen LogP) is 7.12. The third-order valence-electron chi connectivity index (χ3n) is 5.25. The van der Waals surface area contributed by atoms with Crippen LogP contribution in [0.25, 0.3) is 0 Å². The highest BCUT2D eigenvalue weighted by molar-refractivity contribution is 5.93. The Bertz CT molecular complexity index is 666. The number of ether oxygens (including phenoxy) is 2. The third kappa shape index (κ3) is 12.9. The van der Waals surface area contributed by atoms with E-state index in [2.05, 4.69) is 23.8 Å². The molecule has 31 heavy (non-hydrogen) atoms. The van der Waals surface area contributed by atoms with E-state index >= 15 is 0 Å². The molecule has 174 valence electrons. The van der Waals surface area contributed by atoms with Crippen molar-refractivity contribution < 1.29 is 24.2 Å².